The van der Waals surface area contributed by atoms with Crippen LogP contribution in [0.25, 0.3) is 0 Å². The van der Waals surface area contributed by atoms with Gasteiger partial charge in [0, 0.05) is 47.5 Å². The maximum atomic E-state index is 12.0. The first kappa shape index (κ1) is 18.4. The molecule has 0 amide bonds. The number of aliphatic imine (C=N–C) groups is 1. The van der Waals surface area contributed by atoms with Crippen LogP contribution < -0.4 is 10.6 Å². The molecule has 0 aromatic carbocycles. The summed E-state index contributed by atoms with van der Waals surface area (Å²) in [4.78, 5) is 6.74. The van der Waals surface area contributed by atoms with Crippen molar-refractivity contribution in [3.05, 3.63) is 0 Å². The van der Waals surface area contributed by atoms with E-state index in [1.165, 1.54) is 19.4 Å². The molecule has 21 heavy (non-hydrogen) atoms. The Morgan fingerprint density at radius 2 is 2.10 bits per heavy atom. The largest absolute Gasteiger partial charge is 0.355 e. The second-order valence-corrected chi connectivity index (χ2v) is 8.79. The minimum Gasteiger partial charge on any atom is -0.355 e. The van der Waals surface area contributed by atoms with Crippen LogP contribution in [-0.2, 0) is 10.8 Å². The van der Waals surface area contributed by atoms with E-state index in [1.54, 1.807) is 7.05 Å². The monoisotopic (exact) mass is 316 g/mol. The SMILES string of the molecule is CCN1CCCC1CNC(=NC)NCCS(=O)C(C)(C)C. The molecule has 0 spiro atoms. The lowest BCUT2D eigenvalue weighted by atomic mass is 10.2. The number of rotatable bonds is 6. The van der Waals surface area contributed by atoms with E-state index in [1.807, 2.05) is 20.8 Å². The lowest BCUT2D eigenvalue weighted by Gasteiger charge is -2.24. The highest BCUT2D eigenvalue weighted by Gasteiger charge is 2.23. The molecule has 1 aliphatic heterocycles. The average Bonchev–Trinajstić information content (AvgIpc) is 2.88. The Labute approximate surface area is 132 Å². The molecule has 1 fully saturated rings. The fourth-order valence-electron chi connectivity index (χ4n) is 2.55. The first-order valence-corrected chi connectivity index (χ1v) is 9.27. The van der Waals surface area contributed by atoms with Gasteiger partial charge in [-0.3, -0.25) is 14.1 Å². The van der Waals surface area contributed by atoms with Crippen molar-refractivity contribution in [2.24, 2.45) is 4.99 Å². The van der Waals surface area contributed by atoms with E-state index >= 15 is 0 Å². The van der Waals surface area contributed by atoms with Gasteiger partial charge in [-0.2, -0.15) is 0 Å². The summed E-state index contributed by atoms with van der Waals surface area (Å²) in [7, 11) is 0.958. The number of hydrogen-bond donors (Lipinski definition) is 2. The summed E-state index contributed by atoms with van der Waals surface area (Å²) in [5, 5.41) is 6.64. The van der Waals surface area contributed by atoms with Crippen molar-refractivity contribution in [2.45, 2.75) is 51.3 Å². The van der Waals surface area contributed by atoms with Crippen LogP contribution in [0.4, 0.5) is 0 Å². The van der Waals surface area contributed by atoms with E-state index in [-0.39, 0.29) is 4.75 Å². The quantitative estimate of drug-likeness (QED) is 0.571. The van der Waals surface area contributed by atoms with Gasteiger partial charge < -0.3 is 10.6 Å². The zero-order valence-electron chi connectivity index (χ0n) is 14.2. The van der Waals surface area contributed by atoms with Crippen molar-refractivity contribution < 1.29 is 4.21 Å². The molecule has 2 unspecified atom stereocenters. The molecule has 0 saturated carbocycles. The van der Waals surface area contributed by atoms with Crippen LogP contribution in [0, 0.1) is 0 Å². The molecule has 2 N–H and O–H groups in total. The Kier molecular flexibility index (Phi) is 7.66. The van der Waals surface area contributed by atoms with Crippen molar-refractivity contribution >= 4 is 16.8 Å². The van der Waals surface area contributed by atoms with E-state index in [2.05, 4.69) is 27.4 Å². The van der Waals surface area contributed by atoms with Crippen LogP contribution in [0.15, 0.2) is 4.99 Å². The molecule has 0 aromatic rings. The van der Waals surface area contributed by atoms with Gasteiger partial charge in [0.2, 0.25) is 0 Å². The molecule has 0 aromatic heterocycles. The van der Waals surface area contributed by atoms with Gasteiger partial charge in [0.15, 0.2) is 5.96 Å². The normalized spacial score (nSPS) is 22.3. The van der Waals surface area contributed by atoms with Gasteiger partial charge in [-0.25, -0.2) is 0 Å². The smallest absolute Gasteiger partial charge is 0.191 e. The van der Waals surface area contributed by atoms with Crippen LogP contribution in [0.3, 0.4) is 0 Å². The summed E-state index contributed by atoms with van der Waals surface area (Å²) in [5.74, 6) is 1.46. The highest BCUT2D eigenvalue weighted by atomic mass is 32.2. The van der Waals surface area contributed by atoms with E-state index < -0.39 is 10.8 Å². The highest BCUT2D eigenvalue weighted by molar-refractivity contribution is 7.86. The maximum Gasteiger partial charge on any atom is 0.191 e. The molecule has 6 heteroatoms. The van der Waals surface area contributed by atoms with E-state index in [0.717, 1.165) is 19.0 Å². The molecule has 5 nitrogen and oxygen atoms in total. The summed E-state index contributed by atoms with van der Waals surface area (Å²) < 4.78 is 11.8. The summed E-state index contributed by atoms with van der Waals surface area (Å²) in [6.07, 6.45) is 2.54. The van der Waals surface area contributed by atoms with Gasteiger partial charge in [-0.15, -0.1) is 0 Å². The van der Waals surface area contributed by atoms with Gasteiger partial charge in [0.1, 0.15) is 0 Å². The first-order chi connectivity index (χ1) is 9.88. The second-order valence-electron chi connectivity index (χ2n) is 6.47. The summed E-state index contributed by atoms with van der Waals surface area (Å²) in [5.41, 5.74) is 0. The minimum atomic E-state index is -0.822. The van der Waals surface area contributed by atoms with E-state index in [0.29, 0.717) is 18.3 Å². The zero-order valence-corrected chi connectivity index (χ0v) is 15.1. The van der Waals surface area contributed by atoms with Crippen LogP contribution in [0.5, 0.6) is 0 Å². The van der Waals surface area contributed by atoms with Gasteiger partial charge in [0.25, 0.3) is 0 Å². The van der Waals surface area contributed by atoms with Crippen molar-refractivity contribution in [3.8, 4) is 0 Å². The van der Waals surface area contributed by atoms with Gasteiger partial charge >= 0.3 is 0 Å². The molecule has 0 radical (unpaired) electrons. The standard InChI is InChI=1S/C15H32N4OS/c1-6-19-10-7-8-13(19)12-18-14(16-5)17-9-11-21(20)15(2,3)4/h13H,6-12H2,1-5H3,(H2,16,17,18). The van der Waals surface area contributed by atoms with Gasteiger partial charge in [-0.05, 0) is 46.7 Å². The Morgan fingerprint density at radius 1 is 1.38 bits per heavy atom. The Hall–Kier alpha value is -0.620. The number of likely N-dealkylation sites (tertiary alicyclic amines) is 1. The fraction of sp³-hybridized carbons (Fsp3) is 0.933. The predicted octanol–water partition coefficient (Wildman–Crippen LogP) is 1.18. The third-order valence-corrected chi connectivity index (χ3v) is 5.84. The topological polar surface area (TPSA) is 56.7 Å². The summed E-state index contributed by atoms with van der Waals surface area (Å²) in [6, 6.07) is 0.609. The third kappa shape index (κ3) is 6.34. The van der Waals surface area contributed by atoms with Crippen LogP contribution in [-0.4, -0.2) is 64.8 Å². The Morgan fingerprint density at radius 3 is 2.67 bits per heavy atom. The van der Waals surface area contributed by atoms with Crippen molar-refractivity contribution in [1.82, 2.24) is 15.5 Å². The highest BCUT2D eigenvalue weighted by Crippen LogP contribution is 2.15. The summed E-state index contributed by atoms with van der Waals surface area (Å²) in [6.45, 7) is 12.2. The van der Waals surface area contributed by atoms with Crippen LogP contribution in [0.2, 0.25) is 0 Å². The lowest BCUT2D eigenvalue weighted by Crippen LogP contribution is -2.46. The Bertz CT molecular complexity index is 365. The fourth-order valence-corrected chi connectivity index (χ4v) is 3.45. The molecular weight excluding hydrogens is 284 g/mol. The maximum absolute atomic E-state index is 12.0. The first-order valence-electron chi connectivity index (χ1n) is 7.95. The number of nitrogens with one attached hydrogen (secondary N) is 2. The molecule has 0 aliphatic carbocycles. The van der Waals surface area contributed by atoms with Gasteiger partial charge in [-0.1, -0.05) is 6.92 Å². The lowest BCUT2D eigenvalue weighted by molar-refractivity contribution is 0.267. The Balaban J connectivity index is 2.28. The molecule has 1 aliphatic rings. The van der Waals surface area contributed by atoms with Crippen LogP contribution >= 0.6 is 0 Å². The van der Waals surface area contributed by atoms with Crippen molar-refractivity contribution in [1.29, 1.82) is 0 Å². The number of likely N-dealkylation sites (N-methyl/N-ethyl adjacent to an activating group) is 1. The van der Waals surface area contributed by atoms with Crippen LogP contribution in [0.1, 0.15) is 40.5 Å². The number of nitrogens with zero attached hydrogens (tertiary/aromatic N) is 2. The van der Waals surface area contributed by atoms with Gasteiger partial charge in [0.05, 0.1) is 0 Å². The van der Waals surface area contributed by atoms with E-state index in [4.69, 9.17) is 0 Å². The molecule has 124 valence electrons. The molecule has 1 saturated heterocycles. The number of guanidine groups is 1. The molecule has 1 heterocycles. The predicted molar refractivity (Wildman–Crippen MR) is 92.4 cm³/mol. The molecule has 1 rings (SSSR count). The minimum absolute atomic E-state index is 0.149. The summed E-state index contributed by atoms with van der Waals surface area (Å²) >= 11 is 0. The molecule has 0 bridgehead atoms. The average molecular weight is 317 g/mol. The molecule has 2 atom stereocenters. The molecular formula is C15H32N4OS. The van der Waals surface area contributed by atoms with Crippen molar-refractivity contribution in [2.75, 3.05) is 39.0 Å². The zero-order chi connectivity index (χ0) is 15.9. The number of hydrogen-bond acceptors (Lipinski definition) is 3. The third-order valence-electron chi connectivity index (χ3n) is 3.90. The second kappa shape index (κ2) is 8.73. The van der Waals surface area contributed by atoms with Crippen molar-refractivity contribution in [3.63, 3.8) is 0 Å². The van der Waals surface area contributed by atoms with E-state index in [9.17, 15) is 4.21 Å².